The molecule has 0 unspecified atom stereocenters. The molecule has 20 heavy (non-hydrogen) atoms. The molecule has 112 valence electrons. The normalized spacial score (nSPS) is 11.2. The van der Waals surface area contributed by atoms with Gasteiger partial charge in [0.1, 0.15) is 5.69 Å². The molecule has 0 amide bonds. The van der Waals surface area contributed by atoms with Crippen LogP contribution in [0.3, 0.4) is 0 Å². The predicted octanol–water partition coefficient (Wildman–Crippen LogP) is 2.44. The van der Waals surface area contributed by atoms with Gasteiger partial charge < -0.3 is 4.74 Å². The molecule has 1 rings (SSSR count). The third kappa shape index (κ3) is 3.40. The monoisotopic (exact) mass is 323 g/mol. The summed E-state index contributed by atoms with van der Waals surface area (Å²) >= 11 is 5.67. The van der Waals surface area contributed by atoms with E-state index in [1.165, 1.54) is 19.1 Å². The molecule has 0 aromatic heterocycles. The molecule has 0 aliphatic rings. The Hall–Kier alpha value is -1.34. The summed E-state index contributed by atoms with van der Waals surface area (Å²) in [5.41, 5.74) is -0.568. The maximum Gasteiger partial charge on any atom is 0.340 e. The summed E-state index contributed by atoms with van der Waals surface area (Å²) in [4.78, 5) is 11.8. The number of carbonyl (C=O) groups is 1. The van der Waals surface area contributed by atoms with Crippen molar-refractivity contribution in [2.24, 2.45) is 0 Å². The van der Waals surface area contributed by atoms with E-state index >= 15 is 0 Å². The summed E-state index contributed by atoms with van der Waals surface area (Å²) in [5, 5.41) is -0.268. The van der Waals surface area contributed by atoms with Gasteiger partial charge in [0.05, 0.1) is 23.4 Å². The topological polar surface area (TPSA) is 63.7 Å². The second kappa shape index (κ2) is 6.41. The summed E-state index contributed by atoms with van der Waals surface area (Å²) in [5.74, 6) is -1.77. The van der Waals surface area contributed by atoms with E-state index in [2.05, 4.69) is 0 Å². The van der Waals surface area contributed by atoms with Crippen molar-refractivity contribution in [1.29, 1.82) is 0 Å². The van der Waals surface area contributed by atoms with Crippen molar-refractivity contribution < 1.29 is 22.3 Å². The lowest BCUT2D eigenvalue weighted by Crippen LogP contribution is -2.32. The zero-order valence-electron chi connectivity index (χ0n) is 11.3. The molecule has 1 aromatic carbocycles. The molecule has 0 saturated carbocycles. The van der Waals surface area contributed by atoms with Crippen LogP contribution in [-0.4, -0.2) is 33.8 Å². The van der Waals surface area contributed by atoms with Crippen molar-refractivity contribution in [3.63, 3.8) is 0 Å². The Morgan fingerprint density at radius 1 is 1.40 bits per heavy atom. The molecule has 0 bridgehead atoms. The number of halogens is 2. The predicted molar refractivity (Wildman–Crippen MR) is 75.2 cm³/mol. The first-order chi connectivity index (χ1) is 9.23. The van der Waals surface area contributed by atoms with E-state index in [1.807, 2.05) is 0 Å². The summed E-state index contributed by atoms with van der Waals surface area (Å²) in [6, 6.07) is 2.43. The Kier molecular flexibility index (Phi) is 5.35. The van der Waals surface area contributed by atoms with Crippen molar-refractivity contribution in [3.8, 4) is 0 Å². The highest BCUT2D eigenvalue weighted by atomic mass is 35.5. The van der Waals surface area contributed by atoms with Gasteiger partial charge in [-0.05, 0) is 26.0 Å². The summed E-state index contributed by atoms with van der Waals surface area (Å²) in [7, 11) is -3.75. The molecule has 5 nitrogen and oxygen atoms in total. The smallest absolute Gasteiger partial charge is 0.340 e. The molecule has 0 saturated heterocycles. The van der Waals surface area contributed by atoms with Gasteiger partial charge in [0, 0.05) is 6.54 Å². The SMILES string of the molecule is CCOC(=O)c1ccc(Cl)c(F)c1N(CC)S(C)(=O)=O. The minimum absolute atomic E-state index is 0.0392. The minimum Gasteiger partial charge on any atom is -0.462 e. The van der Waals surface area contributed by atoms with E-state index in [9.17, 15) is 17.6 Å². The number of rotatable bonds is 5. The maximum absolute atomic E-state index is 14.2. The molecular formula is C12H15ClFNO4S. The highest BCUT2D eigenvalue weighted by molar-refractivity contribution is 7.92. The van der Waals surface area contributed by atoms with Gasteiger partial charge in [-0.15, -0.1) is 0 Å². The third-order valence-electron chi connectivity index (χ3n) is 2.50. The molecule has 0 spiro atoms. The van der Waals surface area contributed by atoms with Crippen molar-refractivity contribution in [2.45, 2.75) is 13.8 Å². The fraction of sp³-hybridized carbons (Fsp3) is 0.417. The highest BCUT2D eigenvalue weighted by Gasteiger charge is 2.27. The lowest BCUT2D eigenvalue weighted by atomic mass is 10.1. The van der Waals surface area contributed by atoms with Crippen LogP contribution in [0.1, 0.15) is 24.2 Å². The molecule has 8 heteroatoms. The standard InChI is InChI=1S/C12H15ClFNO4S/c1-4-15(20(3,17)18)11-8(12(16)19-5-2)6-7-9(13)10(11)14/h6-7H,4-5H2,1-3H3. The first-order valence-electron chi connectivity index (χ1n) is 5.86. The van der Waals surface area contributed by atoms with E-state index in [4.69, 9.17) is 16.3 Å². The van der Waals surface area contributed by atoms with E-state index < -0.39 is 21.8 Å². The van der Waals surface area contributed by atoms with Gasteiger partial charge in [-0.2, -0.15) is 0 Å². The van der Waals surface area contributed by atoms with E-state index in [-0.39, 0.29) is 29.4 Å². The van der Waals surface area contributed by atoms with E-state index in [0.717, 1.165) is 10.6 Å². The van der Waals surface area contributed by atoms with Crippen molar-refractivity contribution >= 4 is 33.3 Å². The second-order valence-electron chi connectivity index (χ2n) is 3.91. The minimum atomic E-state index is -3.75. The van der Waals surface area contributed by atoms with Crippen LogP contribution in [0, 0.1) is 5.82 Å². The van der Waals surface area contributed by atoms with Gasteiger partial charge in [0.25, 0.3) is 0 Å². The lowest BCUT2D eigenvalue weighted by molar-refractivity contribution is 0.0527. The van der Waals surface area contributed by atoms with Gasteiger partial charge in [-0.25, -0.2) is 17.6 Å². The van der Waals surface area contributed by atoms with Crippen LogP contribution < -0.4 is 4.31 Å². The van der Waals surface area contributed by atoms with Gasteiger partial charge in [0.15, 0.2) is 5.82 Å². The molecule has 0 N–H and O–H groups in total. The Morgan fingerprint density at radius 2 is 2.00 bits per heavy atom. The number of esters is 1. The summed E-state index contributed by atoms with van der Waals surface area (Å²) < 4.78 is 43.2. The zero-order chi connectivity index (χ0) is 15.5. The van der Waals surface area contributed by atoms with Crippen molar-refractivity contribution in [1.82, 2.24) is 0 Å². The third-order valence-corrected chi connectivity index (χ3v) is 4.03. The van der Waals surface area contributed by atoms with Crippen LogP contribution in [-0.2, 0) is 14.8 Å². The first kappa shape index (κ1) is 16.7. The van der Waals surface area contributed by atoms with E-state index in [1.54, 1.807) is 6.92 Å². The fourth-order valence-electron chi connectivity index (χ4n) is 1.72. The fourth-order valence-corrected chi connectivity index (χ4v) is 2.85. The molecule has 0 atom stereocenters. The van der Waals surface area contributed by atoms with Crippen LogP contribution in [0.5, 0.6) is 0 Å². The number of carbonyl (C=O) groups excluding carboxylic acids is 1. The molecule has 0 aliphatic heterocycles. The highest BCUT2D eigenvalue weighted by Crippen LogP contribution is 2.32. The largest absolute Gasteiger partial charge is 0.462 e. The number of nitrogens with zero attached hydrogens (tertiary/aromatic N) is 1. The van der Waals surface area contributed by atoms with E-state index in [0.29, 0.717) is 0 Å². The van der Waals surface area contributed by atoms with Gasteiger partial charge >= 0.3 is 5.97 Å². The van der Waals surface area contributed by atoms with Gasteiger partial charge in [-0.3, -0.25) is 4.31 Å². The Labute approximate surface area is 122 Å². The summed E-state index contributed by atoms with van der Waals surface area (Å²) in [6.07, 6.45) is 0.922. The average Bonchev–Trinajstić information content (AvgIpc) is 2.34. The number of benzene rings is 1. The number of sulfonamides is 1. The van der Waals surface area contributed by atoms with Crippen LogP contribution >= 0.6 is 11.6 Å². The maximum atomic E-state index is 14.2. The quantitative estimate of drug-likeness (QED) is 0.781. The van der Waals surface area contributed by atoms with Crippen LogP contribution in [0.4, 0.5) is 10.1 Å². The van der Waals surface area contributed by atoms with Gasteiger partial charge in [-0.1, -0.05) is 11.6 Å². The van der Waals surface area contributed by atoms with Crippen LogP contribution in [0.15, 0.2) is 12.1 Å². The molecule has 0 aliphatic carbocycles. The van der Waals surface area contributed by atoms with Crippen LogP contribution in [0.25, 0.3) is 0 Å². The Bertz CT molecular complexity index is 618. The summed E-state index contributed by atoms with van der Waals surface area (Å²) in [6.45, 7) is 3.17. The van der Waals surface area contributed by atoms with Crippen molar-refractivity contribution in [2.75, 3.05) is 23.7 Å². The van der Waals surface area contributed by atoms with Gasteiger partial charge in [0.2, 0.25) is 10.0 Å². The molecule has 1 aromatic rings. The lowest BCUT2D eigenvalue weighted by Gasteiger charge is -2.23. The molecule has 0 radical (unpaired) electrons. The average molecular weight is 324 g/mol. The number of ether oxygens (including phenoxy) is 1. The number of hydrogen-bond acceptors (Lipinski definition) is 4. The second-order valence-corrected chi connectivity index (χ2v) is 6.22. The number of hydrogen-bond donors (Lipinski definition) is 0. The van der Waals surface area contributed by atoms with Crippen LogP contribution in [0.2, 0.25) is 5.02 Å². The molecular weight excluding hydrogens is 309 g/mol. The van der Waals surface area contributed by atoms with Crippen molar-refractivity contribution in [3.05, 3.63) is 28.5 Å². The molecule has 0 fully saturated rings. The zero-order valence-corrected chi connectivity index (χ0v) is 12.9. The first-order valence-corrected chi connectivity index (χ1v) is 8.09. The Balaban J connectivity index is 3.56. The molecule has 0 heterocycles. The Morgan fingerprint density at radius 3 is 2.45 bits per heavy atom. The number of anilines is 1.